The van der Waals surface area contributed by atoms with E-state index in [1.54, 1.807) is 6.20 Å². The first-order valence-electron chi connectivity index (χ1n) is 7.51. The largest absolute Gasteiger partial charge is 0.391 e. The molecule has 3 rings (SSSR count). The van der Waals surface area contributed by atoms with E-state index in [4.69, 9.17) is 4.52 Å². The molecule has 0 saturated carbocycles. The smallest absolute Gasteiger partial charge is 0.137 e. The highest BCUT2D eigenvalue weighted by Gasteiger charge is 2.31. The summed E-state index contributed by atoms with van der Waals surface area (Å²) >= 11 is 0. The molecule has 0 aromatic carbocycles. The van der Waals surface area contributed by atoms with Crippen molar-refractivity contribution in [2.24, 2.45) is 5.92 Å². The molecule has 1 N–H and O–H groups in total. The molecule has 0 amide bonds. The van der Waals surface area contributed by atoms with Crippen LogP contribution in [0.3, 0.4) is 0 Å². The van der Waals surface area contributed by atoms with E-state index >= 15 is 0 Å². The van der Waals surface area contributed by atoms with Crippen molar-refractivity contribution in [3.63, 3.8) is 0 Å². The number of hydrogen-bond acceptors (Lipinski definition) is 5. The number of aromatic nitrogens is 3. The van der Waals surface area contributed by atoms with E-state index in [0.29, 0.717) is 0 Å². The van der Waals surface area contributed by atoms with Crippen LogP contribution in [0.4, 0.5) is 0 Å². The van der Waals surface area contributed by atoms with Gasteiger partial charge in [-0.3, -0.25) is 4.68 Å². The van der Waals surface area contributed by atoms with Crippen LogP contribution in [-0.4, -0.2) is 50.7 Å². The maximum Gasteiger partial charge on any atom is 0.137 e. The maximum absolute atomic E-state index is 10.2. The lowest BCUT2D eigenvalue weighted by Crippen LogP contribution is -2.24. The van der Waals surface area contributed by atoms with Gasteiger partial charge < -0.3 is 14.5 Å². The van der Waals surface area contributed by atoms with Crippen molar-refractivity contribution in [1.82, 2.24) is 19.8 Å². The fourth-order valence-electron chi connectivity index (χ4n) is 2.98. The molecule has 0 bridgehead atoms. The normalized spacial score (nSPS) is 23.0. The lowest BCUT2D eigenvalue weighted by Gasteiger charge is -2.14. The Balaban J connectivity index is 1.44. The van der Waals surface area contributed by atoms with Gasteiger partial charge in [0.2, 0.25) is 0 Å². The number of aliphatic hydroxyl groups is 1. The fraction of sp³-hybridized carbons (Fsp3) is 0.600. The second kappa shape index (κ2) is 6.41. The van der Waals surface area contributed by atoms with Gasteiger partial charge in [-0.2, -0.15) is 5.10 Å². The average Bonchev–Trinajstić information content (AvgIpc) is 3.15. The van der Waals surface area contributed by atoms with Crippen LogP contribution >= 0.6 is 0 Å². The van der Waals surface area contributed by atoms with Crippen LogP contribution in [0.2, 0.25) is 0 Å². The van der Waals surface area contributed by atoms with Crippen molar-refractivity contribution >= 4 is 0 Å². The van der Waals surface area contributed by atoms with Crippen LogP contribution in [0.5, 0.6) is 0 Å². The SMILES string of the molecule is Cc1cc(C[C@@H]2CN(CCCn3cccn3)C[C@@H]2O)on1. The van der Waals surface area contributed by atoms with Crippen molar-refractivity contribution in [3.8, 4) is 0 Å². The van der Waals surface area contributed by atoms with Gasteiger partial charge in [-0.25, -0.2) is 0 Å². The van der Waals surface area contributed by atoms with Gasteiger partial charge in [-0.05, 0) is 19.4 Å². The Morgan fingerprint density at radius 1 is 1.38 bits per heavy atom. The fourth-order valence-corrected chi connectivity index (χ4v) is 2.98. The van der Waals surface area contributed by atoms with E-state index in [1.807, 2.05) is 29.9 Å². The zero-order chi connectivity index (χ0) is 14.7. The summed E-state index contributed by atoms with van der Waals surface area (Å²) in [5, 5.41) is 18.3. The monoisotopic (exact) mass is 290 g/mol. The van der Waals surface area contributed by atoms with Gasteiger partial charge in [0, 0.05) is 57.0 Å². The third-order valence-corrected chi connectivity index (χ3v) is 4.04. The van der Waals surface area contributed by atoms with Crippen LogP contribution in [0.15, 0.2) is 29.0 Å². The molecule has 0 spiro atoms. The van der Waals surface area contributed by atoms with Crippen molar-refractivity contribution < 1.29 is 9.63 Å². The van der Waals surface area contributed by atoms with E-state index in [2.05, 4.69) is 15.2 Å². The van der Waals surface area contributed by atoms with E-state index in [1.165, 1.54) is 0 Å². The van der Waals surface area contributed by atoms with Crippen molar-refractivity contribution in [3.05, 3.63) is 36.0 Å². The van der Waals surface area contributed by atoms with E-state index < -0.39 is 0 Å². The van der Waals surface area contributed by atoms with Crippen molar-refractivity contribution in [1.29, 1.82) is 0 Å². The molecule has 1 saturated heterocycles. The minimum Gasteiger partial charge on any atom is -0.391 e. The molecule has 1 aliphatic heterocycles. The first-order chi connectivity index (χ1) is 10.2. The maximum atomic E-state index is 10.2. The Morgan fingerprint density at radius 3 is 3.00 bits per heavy atom. The Bertz CT molecular complexity index is 552. The van der Waals surface area contributed by atoms with Gasteiger partial charge in [-0.15, -0.1) is 0 Å². The third kappa shape index (κ3) is 3.71. The van der Waals surface area contributed by atoms with Gasteiger partial charge in [0.25, 0.3) is 0 Å². The number of aliphatic hydroxyl groups excluding tert-OH is 1. The summed E-state index contributed by atoms with van der Waals surface area (Å²) < 4.78 is 7.19. The Morgan fingerprint density at radius 2 is 2.29 bits per heavy atom. The number of rotatable bonds is 6. The van der Waals surface area contributed by atoms with E-state index in [0.717, 1.165) is 50.5 Å². The van der Waals surface area contributed by atoms with Gasteiger partial charge in [0.05, 0.1) is 11.8 Å². The highest BCUT2D eigenvalue weighted by Crippen LogP contribution is 2.22. The number of nitrogens with zero attached hydrogens (tertiary/aromatic N) is 4. The number of aryl methyl sites for hydroxylation is 2. The van der Waals surface area contributed by atoms with Crippen molar-refractivity contribution in [2.75, 3.05) is 19.6 Å². The summed E-state index contributed by atoms with van der Waals surface area (Å²) in [6.07, 6.45) is 5.31. The predicted molar refractivity (Wildman–Crippen MR) is 77.7 cm³/mol. The van der Waals surface area contributed by atoms with Crippen LogP contribution in [0, 0.1) is 12.8 Å². The molecule has 3 heterocycles. The second-order valence-corrected chi connectivity index (χ2v) is 5.85. The van der Waals surface area contributed by atoms with Crippen LogP contribution in [-0.2, 0) is 13.0 Å². The molecule has 2 atom stereocenters. The second-order valence-electron chi connectivity index (χ2n) is 5.85. The molecule has 6 nitrogen and oxygen atoms in total. The summed E-state index contributed by atoms with van der Waals surface area (Å²) in [6, 6.07) is 3.89. The Hall–Kier alpha value is -1.66. The molecular formula is C15H22N4O2. The van der Waals surface area contributed by atoms with E-state index in [9.17, 15) is 5.11 Å². The average molecular weight is 290 g/mol. The number of hydrogen-bond donors (Lipinski definition) is 1. The molecule has 1 fully saturated rings. The van der Waals surface area contributed by atoms with Gasteiger partial charge >= 0.3 is 0 Å². The first kappa shape index (κ1) is 14.3. The Labute approximate surface area is 124 Å². The van der Waals surface area contributed by atoms with Crippen LogP contribution in [0.25, 0.3) is 0 Å². The van der Waals surface area contributed by atoms with Gasteiger partial charge in [0.1, 0.15) is 5.76 Å². The summed E-state index contributed by atoms with van der Waals surface area (Å²) in [5.41, 5.74) is 0.897. The van der Waals surface area contributed by atoms with Gasteiger partial charge in [0.15, 0.2) is 0 Å². The predicted octanol–water partition coefficient (Wildman–Crippen LogP) is 1.11. The minimum atomic E-state index is -0.278. The standard InChI is InChI=1S/C15H22N4O2/c1-12-8-14(21-17-12)9-13-10-18(11-15(13)20)5-3-7-19-6-2-4-16-19/h2,4,6,8,13,15,20H,3,5,7,9-11H2,1H3/t13-,15+/m1/s1. The summed E-state index contributed by atoms with van der Waals surface area (Å²) in [7, 11) is 0. The zero-order valence-corrected chi connectivity index (χ0v) is 12.4. The topological polar surface area (TPSA) is 67.3 Å². The minimum absolute atomic E-state index is 0.238. The quantitative estimate of drug-likeness (QED) is 0.863. The summed E-state index contributed by atoms with van der Waals surface area (Å²) in [6.45, 7) is 5.49. The highest BCUT2D eigenvalue weighted by molar-refractivity contribution is 5.05. The van der Waals surface area contributed by atoms with E-state index in [-0.39, 0.29) is 12.0 Å². The lowest BCUT2D eigenvalue weighted by atomic mass is 10.0. The zero-order valence-electron chi connectivity index (χ0n) is 12.4. The molecule has 21 heavy (non-hydrogen) atoms. The number of likely N-dealkylation sites (tertiary alicyclic amines) is 1. The molecule has 1 aliphatic rings. The molecule has 114 valence electrons. The molecule has 0 radical (unpaired) electrons. The van der Waals surface area contributed by atoms with Crippen LogP contribution < -0.4 is 0 Å². The summed E-state index contributed by atoms with van der Waals surface area (Å²) in [4.78, 5) is 2.32. The molecule has 0 aliphatic carbocycles. The molecule has 2 aromatic rings. The van der Waals surface area contributed by atoms with Gasteiger partial charge in [-0.1, -0.05) is 5.16 Å². The highest BCUT2D eigenvalue weighted by atomic mass is 16.5. The number of β-amino-alcohol motifs (C(OH)–C–C–N with tert-alkyl or cyclic N) is 1. The molecular weight excluding hydrogens is 268 g/mol. The van der Waals surface area contributed by atoms with Crippen molar-refractivity contribution in [2.45, 2.75) is 32.4 Å². The first-order valence-corrected chi connectivity index (χ1v) is 7.51. The molecule has 2 aromatic heterocycles. The molecule has 0 unspecified atom stereocenters. The molecule has 6 heteroatoms. The van der Waals surface area contributed by atoms with Crippen LogP contribution in [0.1, 0.15) is 17.9 Å². The lowest BCUT2D eigenvalue weighted by molar-refractivity contribution is 0.137. The third-order valence-electron chi connectivity index (χ3n) is 4.04. The summed E-state index contributed by atoms with van der Waals surface area (Å²) in [5.74, 6) is 1.11. The Kier molecular flexibility index (Phi) is 4.36.